The number of carbonyl (C=O) groups is 1. The Labute approximate surface area is 133 Å². The zero-order chi connectivity index (χ0) is 15.8. The summed E-state index contributed by atoms with van der Waals surface area (Å²) in [5.74, 6) is 0.355. The molecule has 4 nitrogen and oxygen atoms in total. The maximum atomic E-state index is 11.1. The van der Waals surface area contributed by atoms with E-state index in [1.54, 1.807) is 12.3 Å². The van der Waals surface area contributed by atoms with Gasteiger partial charge < -0.3 is 14.5 Å². The number of H-pyrrole nitrogens is 1. The number of aromatic nitrogens is 1. The van der Waals surface area contributed by atoms with Crippen LogP contribution in [0, 0.1) is 0 Å². The fourth-order valence-electron chi connectivity index (χ4n) is 3.46. The lowest BCUT2D eigenvalue weighted by atomic mass is 9.93. The average molecular weight is 307 g/mol. The zero-order valence-corrected chi connectivity index (χ0v) is 12.6. The van der Waals surface area contributed by atoms with Crippen LogP contribution >= 0.6 is 0 Å². The van der Waals surface area contributed by atoms with Crippen LogP contribution in [0.15, 0.2) is 53.1 Å². The van der Waals surface area contributed by atoms with Crippen molar-refractivity contribution in [3.8, 4) is 11.3 Å². The summed E-state index contributed by atoms with van der Waals surface area (Å²) in [7, 11) is 0. The van der Waals surface area contributed by atoms with Gasteiger partial charge in [-0.15, -0.1) is 0 Å². The van der Waals surface area contributed by atoms with Crippen LogP contribution in [0.2, 0.25) is 0 Å². The van der Waals surface area contributed by atoms with Crippen LogP contribution in [-0.2, 0) is 12.8 Å². The predicted octanol–water partition coefficient (Wildman–Crippen LogP) is 4.25. The molecular formula is C19H17NO3. The number of furan rings is 1. The van der Waals surface area contributed by atoms with Gasteiger partial charge in [0, 0.05) is 11.3 Å². The molecule has 23 heavy (non-hydrogen) atoms. The fourth-order valence-corrected chi connectivity index (χ4v) is 3.46. The fraction of sp³-hybridized carbons (Fsp3) is 0.211. The summed E-state index contributed by atoms with van der Waals surface area (Å²) in [5.41, 5.74) is 4.85. The highest BCUT2D eigenvalue weighted by atomic mass is 16.4. The summed E-state index contributed by atoms with van der Waals surface area (Å²) in [6, 6.07) is 14.0. The minimum absolute atomic E-state index is 0.295. The zero-order valence-electron chi connectivity index (χ0n) is 12.6. The van der Waals surface area contributed by atoms with E-state index in [0.29, 0.717) is 11.6 Å². The molecule has 0 amide bonds. The topological polar surface area (TPSA) is 66.2 Å². The third-order valence-corrected chi connectivity index (χ3v) is 4.56. The number of aromatic carboxylic acids is 1. The molecule has 0 spiro atoms. The molecule has 2 N–H and O–H groups in total. The van der Waals surface area contributed by atoms with Crippen LogP contribution in [-0.4, -0.2) is 16.1 Å². The lowest BCUT2D eigenvalue weighted by molar-refractivity contribution is 0.0691. The van der Waals surface area contributed by atoms with Gasteiger partial charge in [0.1, 0.15) is 11.5 Å². The molecule has 1 unspecified atom stereocenters. The number of carboxylic acid groups (broad SMARTS) is 1. The van der Waals surface area contributed by atoms with Crippen LogP contribution in [0.25, 0.3) is 11.3 Å². The summed E-state index contributed by atoms with van der Waals surface area (Å²) in [6.45, 7) is 0. The van der Waals surface area contributed by atoms with Gasteiger partial charge in [0.05, 0.1) is 6.26 Å². The molecule has 4 rings (SSSR count). The number of aromatic amines is 1. The van der Waals surface area contributed by atoms with E-state index < -0.39 is 5.97 Å². The maximum Gasteiger partial charge on any atom is 0.352 e. The van der Waals surface area contributed by atoms with Crippen molar-refractivity contribution in [1.29, 1.82) is 0 Å². The number of nitrogens with one attached hydrogen (secondary N) is 1. The molecule has 2 aromatic heterocycles. The van der Waals surface area contributed by atoms with E-state index in [2.05, 4.69) is 17.1 Å². The van der Waals surface area contributed by atoms with Crippen molar-refractivity contribution < 1.29 is 14.3 Å². The Hall–Kier alpha value is -2.75. The second-order valence-electron chi connectivity index (χ2n) is 6.04. The number of hydrogen-bond donors (Lipinski definition) is 2. The van der Waals surface area contributed by atoms with Gasteiger partial charge in [0.2, 0.25) is 0 Å². The maximum absolute atomic E-state index is 11.1. The monoisotopic (exact) mass is 307 g/mol. The second kappa shape index (κ2) is 5.47. The lowest BCUT2D eigenvalue weighted by Crippen LogP contribution is -2.00. The quantitative estimate of drug-likeness (QED) is 0.757. The molecular weight excluding hydrogens is 290 g/mol. The van der Waals surface area contributed by atoms with E-state index in [4.69, 9.17) is 9.52 Å². The molecule has 1 atom stereocenters. The minimum atomic E-state index is -0.891. The first-order valence-corrected chi connectivity index (χ1v) is 7.78. The molecule has 0 aliphatic heterocycles. The molecule has 0 bridgehead atoms. The van der Waals surface area contributed by atoms with Crippen molar-refractivity contribution >= 4 is 5.97 Å². The summed E-state index contributed by atoms with van der Waals surface area (Å²) in [6.07, 6.45) is 4.58. The van der Waals surface area contributed by atoms with E-state index in [1.165, 1.54) is 5.56 Å². The molecule has 1 aliphatic rings. The Kier molecular flexibility index (Phi) is 3.30. The number of aryl methyl sites for hydroxylation is 1. The molecule has 1 aliphatic carbocycles. The number of fused-ring (bicyclic) bond motifs is 1. The first kappa shape index (κ1) is 13.9. The van der Waals surface area contributed by atoms with Crippen LogP contribution in [0.3, 0.4) is 0 Å². The highest BCUT2D eigenvalue weighted by Crippen LogP contribution is 2.36. The Morgan fingerprint density at radius 3 is 2.96 bits per heavy atom. The molecule has 3 aromatic rings. The lowest BCUT2D eigenvalue weighted by Gasteiger charge is -2.11. The molecule has 2 heterocycles. The van der Waals surface area contributed by atoms with Crippen molar-refractivity contribution in [3.63, 3.8) is 0 Å². The van der Waals surface area contributed by atoms with Crippen LogP contribution in [0.5, 0.6) is 0 Å². The largest absolute Gasteiger partial charge is 0.477 e. The molecule has 0 fully saturated rings. The van der Waals surface area contributed by atoms with Crippen LogP contribution in [0.4, 0.5) is 0 Å². The van der Waals surface area contributed by atoms with E-state index in [0.717, 1.165) is 41.8 Å². The smallest absolute Gasteiger partial charge is 0.352 e. The van der Waals surface area contributed by atoms with Gasteiger partial charge in [-0.3, -0.25) is 0 Å². The van der Waals surface area contributed by atoms with E-state index in [1.807, 2.05) is 24.3 Å². The van der Waals surface area contributed by atoms with Crippen molar-refractivity contribution in [1.82, 2.24) is 4.98 Å². The standard InChI is InChI=1S/C19H17NO3/c21-19(22)17-11-15-13(6-7-16(15)20-17)9-12-3-1-4-14(10-12)18-5-2-8-23-18/h1-5,8,10-11,13,20H,6-7,9H2,(H,21,22). The normalized spacial score (nSPS) is 16.4. The Bertz CT molecular complexity index is 845. The Balaban J connectivity index is 1.58. The van der Waals surface area contributed by atoms with Gasteiger partial charge >= 0.3 is 5.97 Å². The number of benzene rings is 1. The van der Waals surface area contributed by atoms with Gasteiger partial charge in [-0.2, -0.15) is 0 Å². The Morgan fingerprint density at radius 1 is 1.26 bits per heavy atom. The molecule has 0 saturated carbocycles. The molecule has 0 radical (unpaired) electrons. The van der Waals surface area contributed by atoms with Crippen molar-refractivity contribution in [3.05, 3.63) is 71.2 Å². The number of carboxylic acids is 1. The first-order chi connectivity index (χ1) is 11.2. The molecule has 0 saturated heterocycles. The minimum Gasteiger partial charge on any atom is -0.477 e. The van der Waals surface area contributed by atoms with E-state index in [9.17, 15) is 4.79 Å². The molecule has 1 aromatic carbocycles. The summed E-state index contributed by atoms with van der Waals surface area (Å²) >= 11 is 0. The number of rotatable bonds is 4. The van der Waals surface area contributed by atoms with Crippen LogP contribution in [0.1, 0.15) is 39.6 Å². The SMILES string of the molecule is O=C(O)c1cc2c([nH]1)CCC2Cc1cccc(-c2ccco2)c1. The first-order valence-electron chi connectivity index (χ1n) is 7.78. The van der Waals surface area contributed by atoms with Crippen molar-refractivity contribution in [2.24, 2.45) is 0 Å². The predicted molar refractivity (Wildman–Crippen MR) is 86.7 cm³/mol. The third-order valence-electron chi connectivity index (χ3n) is 4.56. The van der Waals surface area contributed by atoms with Crippen molar-refractivity contribution in [2.45, 2.75) is 25.2 Å². The highest BCUT2D eigenvalue weighted by molar-refractivity contribution is 5.86. The van der Waals surface area contributed by atoms with Gasteiger partial charge in [-0.1, -0.05) is 18.2 Å². The average Bonchev–Trinajstić information content (AvgIpc) is 3.25. The van der Waals surface area contributed by atoms with E-state index in [-0.39, 0.29) is 0 Å². The summed E-state index contributed by atoms with van der Waals surface area (Å²) in [5, 5.41) is 9.12. The van der Waals surface area contributed by atoms with Crippen LogP contribution < -0.4 is 0 Å². The van der Waals surface area contributed by atoms with Crippen molar-refractivity contribution in [2.75, 3.05) is 0 Å². The summed E-state index contributed by atoms with van der Waals surface area (Å²) < 4.78 is 5.46. The van der Waals surface area contributed by atoms with Gasteiger partial charge in [0.25, 0.3) is 0 Å². The molecule has 116 valence electrons. The number of hydrogen-bond acceptors (Lipinski definition) is 2. The second-order valence-corrected chi connectivity index (χ2v) is 6.04. The third kappa shape index (κ3) is 2.57. The molecule has 4 heteroatoms. The van der Waals surface area contributed by atoms with Gasteiger partial charge in [-0.25, -0.2) is 4.79 Å². The highest BCUT2D eigenvalue weighted by Gasteiger charge is 2.26. The van der Waals surface area contributed by atoms with Gasteiger partial charge in [-0.05, 0) is 60.6 Å². The summed E-state index contributed by atoms with van der Waals surface area (Å²) in [4.78, 5) is 14.1. The van der Waals surface area contributed by atoms with E-state index >= 15 is 0 Å². The Morgan fingerprint density at radius 2 is 2.17 bits per heavy atom. The van der Waals surface area contributed by atoms with Gasteiger partial charge in [0.15, 0.2) is 0 Å².